The Kier molecular flexibility index (Phi) is 3.83. The van der Waals surface area contributed by atoms with Gasteiger partial charge in [-0.05, 0) is 24.3 Å². The molecule has 5 nitrogen and oxygen atoms in total. The summed E-state index contributed by atoms with van der Waals surface area (Å²) in [6, 6.07) is 11.1. The van der Waals surface area contributed by atoms with Gasteiger partial charge in [0.05, 0.1) is 20.5 Å². The zero-order valence-electron chi connectivity index (χ0n) is 11.0. The molecule has 0 N–H and O–H groups in total. The molecule has 0 spiro atoms. The molecule has 0 radical (unpaired) electrons. The molecule has 0 aliphatic heterocycles. The highest BCUT2D eigenvalue weighted by molar-refractivity contribution is 6.35. The normalized spacial score (nSPS) is 10.6. The van der Waals surface area contributed by atoms with Crippen molar-refractivity contribution in [3.8, 4) is 11.5 Å². The van der Waals surface area contributed by atoms with E-state index in [0.717, 1.165) is 5.39 Å². The van der Waals surface area contributed by atoms with Crippen molar-refractivity contribution in [2.45, 2.75) is 0 Å². The molecule has 7 heteroatoms. The summed E-state index contributed by atoms with van der Waals surface area (Å²) in [4.78, 5) is 14.4. The van der Waals surface area contributed by atoms with Crippen LogP contribution in [0.5, 0.6) is 11.5 Å². The number of nitrogens with zero attached hydrogens (tertiary/aromatic N) is 2. The molecule has 1 aromatic heterocycles. The van der Waals surface area contributed by atoms with Gasteiger partial charge in [0.1, 0.15) is 11.5 Å². The number of hydrogen-bond donors (Lipinski definition) is 0. The number of benzene rings is 2. The Labute approximate surface area is 135 Å². The molecule has 3 rings (SSSR count). The Hall–Kier alpha value is -2.37. The summed E-state index contributed by atoms with van der Waals surface area (Å²) < 4.78 is 5.76. The second-order valence-electron chi connectivity index (χ2n) is 4.42. The van der Waals surface area contributed by atoms with Gasteiger partial charge in [-0.15, -0.1) is 0 Å². The topological polar surface area (TPSA) is 65.3 Å². The quantitative estimate of drug-likeness (QED) is 0.485. The lowest BCUT2D eigenvalue weighted by Gasteiger charge is -2.10. The predicted molar refractivity (Wildman–Crippen MR) is 84.9 cm³/mol. The molecule has 0 aliphatic rings. The smallest absolute Gasteiger partial charge is 0.271 e. The number of para-hydroxylation sites is 1. The van der Waals surface area contributed by atoms with Crippen LogP contribution in [0.3, 0.4) is 0 Å². The van der Waals surface area contributed by atoms with Crippen molar-refractivity contribution < 1.29 is 9.66 Å². The van der Waals surface area contributed by atoms with Gasteiger partial charge in [-0.3, -0.25) is 15.1 Å². The number of halogens is 2. The van der Waals surface area contributed by atoms with Crippen LogP contribution >= 0.6 is 23.2 Å². The molecule has 3 aromatic rings. The van der Waals surface area contributed by atoms with E-state index in [9.17, 15) is 10.1 Å². The average Bonchev–Trinajstić information content (AvgIpc) is 2.50. The number of nitro benzene ring substituents is 1. The zero-order valence-corrected chi connectivity index (χ0v) is 12.5. The first-order chi connectivity index (χ1) is 10.6. The van der Waals surface area contributed by atoms with Crippen LogP contribution in [0.4, 0.5) is 5.69 Å². The number of ether oxygens (including phenoxy) is 1. The molecule has 0 unspecified atom stereocenters. The van der Waals surface area contributed by atoms with Crippen LogP contribution in [0.15, 0.2) is 48.7 Å². The number of hydrogen-bond acceptors (Lipinski definition) is 4. The highest BCUT2D eigenvalue weighted by Crippen LogP contribution is 2.36. The van der Waals surface area contributed by atoms with Gasteiger partial charge in [0, 0.05) is 23.7 Å². The van der Waals surface area contributed by atoms with Crippen molar-refractivity contribution in [3.05, 3.63) is 68.8 Å². The van der Waals surface area contributed by atoms with Crippen LogP contribution in [0.25, 0.3) is 10.9 Å². The first-order valence-electron chi connectivity index (χ1n) is 6.21. The van der Waals surface area contributed by atoms with E-state index < -0.39 is 4.92 Å². The first-order valence-corrected chi connectivity index (χ1v) is 6.97. The second kappa shape index (κ2) is 5.79. The van der Waals surface area contributed by atoms with E-state index >= 15 is 0 Å². The van der Waals surface area contributed by atoms with Crippen LogP contribution in [0, 0.1) is 10.1 Å². The van der Waals surface area contributed by atoms with Crippen molar-refractivity contribution in [1.82, 2.24) is 4.98 Å². The molecule has 0 amide bonds. The number of rotatable bonds is 3. The number of nitro groups is 1. The van der Waals surface area contributed by atoms with Crippen molar-refractivity contribution in [2.75, 3.05) is 0 Å². The molecule has 22 heavy (non-hydrogen) atoms. The maximum atomic E-state index is 10.7. The second-order valence-corrected chi connectivity index (χ2v) is 5.23. The Morgan fingerprint density at radius 2 is 1.86 bits per heavy atom. The van der Waals surface area contributed by atoms with E-state index in [4.69, 9.17) is 27.9 Å². The fourth-order valence-corrected chi connectivity index (χ4v) is 2.44. The molecule has 2 aromatic carbocycles. The fraction of sp³-hybridized carbons (Fsp3) is 0. The molecule has 1 heterocycles. The SMILES string of the molecule is O=[N+]([O-])c1ccc(Oc2ccnc3c(Cl)cccc23)c(Cl)c1. The van der Waals surface area contributed by atoms with Crippen molar-refractivity contribution in [1.29, 1.82) is 0 Å². The van der Waals surface area contributed by atoms with Crippen LogP contribution in [0.2, 0.25) is 10.0 Å². The summed E-state index contributed by atoms with van der Waals surface area (Å²) in [6.45, 7) is 0. The Bertz CT molecular complexity index is 884. The number of aromatic nitrogens is 1. The van der Waals surface area contributed by atoms with E-state index in [2.05, 4.69) is 4.98 Å². The van der Waals surface area contributed by atoms with Crippen LogP contribution in [-0.4, -0.2) is 9.91 Å². The third-order valence-corrected chi connectivity index (χ3v) is 3.63. The van der Waals surface area contributed by atoms with Gasteiger partial charge in [0.2, 0.25) is 0 Å². The summed E-state index contributed by atoms with van der Waals surface area (Å²) in [5.41, 5.74) is 0.514. The van der Waals surface area contributed by atoms with E-state index in [0.29, 0.717) is 22.0 Å². The highest BCUT2D eigenvalue weighted by atomic mass is 35.5. The van der Waals surface area contributed by atoms with E-state index in [-0.39, 0.29) is 10.7 Å². The van der Waals surface area contributed by atoms with Crippen LogP contribution in [-0.2, 0) is 0 Å². The maximum absolute atomic E-state index is 10.7. The summed E-state index contributed by atoms with van der Waals surface area (Å²) >= 11 is 12.1. The maximum Gasteiger partial charge on any atom is 0.271 e. The lowest BCUT2D eigenvalue weighted by molar-refractivity contribution is -0.384. The summed E-state index contributed by atoms with van der Waals surface area (Å²) in [5.74, 6) is 0.836. The van der Waals surface area contributed by atoms with Gasteiger partial charge in [-0.2, -0.15) is 0 Å². The number of fused-ring (bicyclic) bond motifs is 1. The average molecular weight is 335 g/mol. The standard InChI is InChI=1S/C15H8Cl2N2O3/c16-11-3-1-2-10-13(6-7-18-15(10)11)22-14-5-4-9(19(20)21)8-12(14)17/h1-8H. The minimum absolute atomic E-state index is 0.0972. The number of pyridine rings is 1. The summed E-state index contributed by atoms with van der Waals surface area (Å²) in [6.07, 6.45) is 1.57. The Morgan fingerprint density at radius 1 is 1.05 bits per heavy atom. The molecule has 0 atom stereocenters. The van der Waals surface area contributed by atoms with Crippen molar-refractivity contribution in [3.63, 3.8) is 0 Å². The van der Waals surface area contributed by atoms with Crippen LogP contribution < -0.4 is 4.74 Å². The molecule has 0 aliphatic carbocycles. The van der Waals surface area contributed by atoms with Gasteiger partial charge in [-0.1, -0.05) is 29.3 Å². The lowest BCUT2D eigenvalue weighted by atomic mass is 10.2. The third-order valence-electron chi connectivity index (χ3n) is 3.03. The van der Waals surface area contributed by atoms with Crippen LogP contribution in [0.1, 0.15) is 0 Å². The minimum Gasteiger partial charge on any atom is -0.455 e. The van der Waals surface area contributed by atoms with Gasteiger partial charge < -0.3 is 4.74 Å². The lowest BCUT2D eigenvalue weighted by Crippen LogP contribution is -1.91. The number of non-ortho nitro benzene ring substituents is 1. The minimum atomic E-state index is -0.517. The Morgan fingerprint density at radius 3 is 2.59 bits per heavy atom. The molecule has 0 fully saturated rings. The van der Waals surface area contributed by atoms with Crippen molar-refractivity contribution in [2.24, 2.45) is 0 Å². The van der Waals surface area contributed by atoms with E-state index in [1.54, 1.807) is 24.4 Å². The van der Waals surface area contributed by atoms with Gasteiger partial charge in [-0.25, -0.2) is 0 Å². The molecule has 110 valence electrons. The van der Waals surface area contributed by atoms with Gasteiger partial charge >= 0.3 is 0 Å². The Balaban J connectivity index is 2.04. The fourth-order valence-electron chi connectivity index (χ4n) is 2.01. The predicted octanol–water partition coefficient (Wildman–Crippen LogP) is 5.24. The highest BCUT2D eigenvalue weighted by Gasteiger charge is 2.13. The molecule has 0 bridgehead atoms. The van der Waals surface area contributed by atoms with Gasteiger partial charge in [0.25, 0.3) is 5.69 Å². The first kappa shape index (κ1) is 14.6. The van der Waals surface area contributed by atoms with E-state index in [1.807, 2.05) is 6.07 Å². The summed E-state index contributed by atoms with van der Waals surface area (Å²) in [5, 5.41) is 12.1. The molecule has 0 saturated carbocycles. The van der Waals surface area contributed by atoms with E-state index in [1.165, 1.54) is 18.2 Å². The third kappa shape index (κ3) is 2.68. The molecule has 0 saturated heterocycles. The molecular weight excluding hydrogens is 327 g/mol. The largest absolute Gasteiger partial charge is 0.455 e. The van der Waals surface area contributed by atoms with Crippen molar-refractivity contribution >= 4 is 39.8 Å². The molecular formula is C15H8Cl2N2O3. The summed E-state index contributed by atoms with van der Waals surface area (Å²) in [7, 11) is 0. The monoisotopic (exact) mass is 334 g/mol. The van der Waals surface area contributed by atoms with Gasteiger partial charge in [0.15, 0.2) is 0 Å². The zero-order chi connectivity index (χ0) is 15.7.